The Labute approximate surface area is 129 Å². The molecule has 3 rings (SSSR count). The number of nitrogens with zero attached hydrogens (tertiary/aromatic N) is 4. The van der Waals surface area contributed by atoms with Crippen LogP contribution >= 0.6 is 11.6 Å². The van der Waals surface area contributed by atoms with Gasteiger partial charge in [-0.3, -0.25) is 4.90 Å². The highest BCUT2D eigenvalue weighted by atomic mass is 35.5. The highest BCUT2D eigenvalue weighted by Crippen LogP contribution is 2.36. The molecule has 2 aromatic heterocycles. The largest absolute Gasteiger partial charge is 0.367 e. The fourth-order valence-electron chi connectivity index (χ4n) is 2.95. The van der Waals surface area contributed by atoms with Crippen molar-refractivity contribution in [1.82, 2.24) is 19.5 Å². The second-order valence-electron chi connectivity index (χ2n) is 5.39. The predicted octanol–water partition coefficient (Wildman–Crippen LogP) is 2.55. The van der Waals surface area contributed by atoms with Crippen LogP contribution < -0.4 is 5.73 Å². The molecule has 2 N–H and O–H groups in total. The van der Waals surface area contributed by atoms with Crippen LogP contribution in [0.15, 0.2) is 6.20 Å². The Morgan fingerprint density at radius 2 is 2.05 bits per heavy atom. The number of hydrogen-bond donors (Lipinski definition) is 1. The van der Waals surface area contributed by atoms with Gasteiger partial charge in [0.05, 0.1) is 18.4 Å². The fourth-order valence-corrected chi connectivity index (χ4v) is 3.28. The number of alkyl halides is 2. The Balaban J connectivity index is 1.88. The lowest BCUT2D eigenvalue weighted by Crippen LogP contribution is -2.36. The minimum Gasteiger partial charge on any atom is -0.367 e. The number of fused-ring (bicyclic) bond motifs is 1. The van der Waals surface area contributed by atoms with E-state index >= 15 is 0 Å². The Morgan fingerprint density at radius 3 is 2.68 bits per heavy atom. The van der Waals surface area contributed by atoms with E-state index in [0.717, 1.165) is 0 Å². The van der Waals surface area contributed by atoms with Crippen molar-refractivity contribution in [3.63, 3.8) is 0 Å². The molecular formula is C13H15ClF3N5. The van der Waals surface area contributed by atoms with Gasteiger partial charge >= 0.3 is 0 Å². The zero-order valence-corrected chi connectivity index (χ0v) is 12.4. The number of rotatable bonds is 3. The summed E-state index contributed by atoms with van der Waals surface area (Å²) in [7, 11) is 0. The third-order valence-corrected chi connectivity index (χ3v) is 4.35. The van der Waals surface area contributed by atoms with Gasteiger partial charge in [-0.25, -0.2) is 22.7 Å². The van der Waals surface area contributed by atoms with Crippen LogP contribution in [0.3, 0.4) is 0 Å². The number of likely N-dealkylation sites (tertiary alicyclic amines) is 1. The molecule has 2 aromatic rings. The molecular weight excluding hydrogens is 319 g/mol. The van der Waals surface area contributed by atoms with E-state index < -0.39 is 12.2 Å². The zero-order chi connectivity index (χ0) is 15.9. The van der Waals surface area contributed by atoms with Crippen LogP contribution in [-0.2, 0) is 0 Å². The van der Waals surface area contributed by atoms with E-state index in [0.29, 0.717) is 31.6 Å². The van der Waals surface area contributed by atoms with Crippen LogP contribution in [-0.4, -0.2) is 45.6 Å². The van der Waals surface area contributed by atoms with Gasteiger partial charge in [0, 0.05) is 5.92 Å². The number of anilines is 1. The summed E-state index contributed by atoms with van der Waals surface area (Å²) in [6.07, 6.45) is 0.169. The lowest BCUT2D eigenvalue weighted by atomic mass is 9.93. The van der Waals surface area contributed by atoms with Crippen molar-refractivity contribution in [2.24, 2.45) is 0 Å². The quantitative estimate of drug-likeness (QED) is 0.937. The van der Waals surface area contributed by atoms with E-state index in [-0.39, 0.29) is 29.0 Å². The highest BCUT2D eigenvalue weighted by molar-refractivity contribution is 6.32. The average Bonchev–Trinajstić information content (AvgIpc) is 2.71. The molecule has 0 bridgehead atoms. The van der Waals surface area contributed by atoms with Gasteiger partial charge in [0.25, 0.3) is 6.43 Å². The molecule has 5 nitrogen and oxygen atoms in total. The summed E-state index contributed by atoms with van der Waals surface area (Å²) in [4.78, 5) is 5.47. The second-order valence-corrected chi connectivity index (χ2v) is 5.77. The molecule has 0 saturated carbocycles. The van der Waals surface area contributed by atoms with Gasteiger partial charge in [-0.1, -0.05) is 11.6 Å². The van der Waals surface area contributed by atoms with Crippen molar-refractivity contribution in [2.75, 3.05) is 25.4 Å². The lowest BCUT2D eigenvalue weighted by Gasteiger charge is -2.31. The third kappa shape index (κ3) is 2.72. The number of nitrogen functional groups attached to an aromatic ring is 1. The molecule has 0 unspecified atom stereocenters. The summed E-state index contributed by atoms with van der Waals surface area (Å²) < 4.78 is 40.4. The number of hydrogen-bond acceptors (Lipinski definition) is 4. The van der Waals surface area contributed by atoms with Crippen LogP contribution in [0.1, 0.15) is 24.5 Å². The van der Waals surface area contributed by atoms with Crippen LogP contribution in [0.25, 0.3) is 5.52 Å². The summed E-state index contributed by atoms with van der Waals surface area (Å²) in [6, 6.07) is 0. The molecule has 22 heavy (non-hydrogen) atoms. The lowest BCUT2D eigenvalue weighted by molar-refractivity contribution is 0.0751. The number of piperidine rings is 1. The molecule has 0 atom stereocenters. The Kier molecular flexibility index (Phi) is 4.14. The van der Waals surface area contributed by atoms with Gasteiger partial charge in [0.2, 0.25) is 5.95 Å². The first-order chi connectivity index (χ1) is 10.5. The standard InChI is InChI=1S/C13H15ClF3N5/c14-10-11(17)8-5-19-13(18)20-22(8)12(10)7-1-3-21(4-2-7)6-9(15)16/h5,7,9H,1-4,6H2,(H2,18,20). The van der Waals surface area contributed by atoms with Crippen molar-refractivity contribution in [2.45, 2.75) is 25.2 Å². The maximum Gasteiger partial charge on any atom is 0.251 e. The van der Waals surface area contributed by atoms with Gasteiger partial charge in [-0.15, -0.1) is 5.10 Å². The van der Waals surface area contributed by atoms with Crippen LogP contribution in [0, 0.1) is 5.82 Å². The van der Waals surface area contributed by atoms with E-state index in [1.54, 1.807) is 4.90 Å². The van der Waals surface area contributed by atoms with Gasteiger partial charge < -0.3 is 5.73 Å². The molecule has 1 aliphatic rings. The normalized spacial score (nSPS) is 17.7. The summed E-state index contributed by atoms with van der Waals surface area (Å²) in [5.74, 6) is -0.602. The van der Waals surface area contributed by atoms with Gasteiger partial charge in [-0.05, 0) is 25.9 Å². The molecule has 0 spiro atoms. The SMILES string of the molecule is Nc1ncc2c(F)c(Cl)c(C3CCN(CC(F)F)CC3)n2n1. The Bertz CT molecular complexity index is 682. The van der Waals surface area contributed by atoms with E-state index in [1.165, 1.54) is 10.7 Å². The van der Waals surface area contributed by atoms with Gasteiger partial charge in [-0.2, -0.15) is 0 Å². The van der Waals surface area contributed by atoms with Crippen LogP contribution in [0.5, 0.6) is 0 Å². The second kappa shape index (κ2) is 5.92. The first kappa shape index (κ1) is 15.4. The summed E-state index contributed by atoms with van der Waals surface area (Å²) >= 11 is 6.10. The van der Waals surface area contributed by atoms with Crippen LogP contribution in [0.2, 0.25) is 5.02 Å². The maximum atomic E-state index is 14.2. The minimum atomic E-state index is -2.35. The third-order valence-electron chi connectivity index (χ3n) is 3.99. The fraction of sp³-hybridized carbons (Fsp3) is 0.538. The molecule has 0 amide bonds. The molecule has 1 aliphatic heterocycles. The van der Waals surface area contributed by atoms with E-state index in [1.807, 2.05) is 0 Å². The molecule has 1 fully saturated rings. The number of aromatic nitrogens is 3. The average molecular weight is 334 g/mol. The highest BCUT2D eigenvalue weighted by Gasteiger charge is 2.29. The monoisotopic (exact) mass is 333 g/mol. The summed E-state index contributed by atoms with van der Waals surface area (Å²) in [5, 5.41) is 4.03. The topological polar surface area (TPSA) is 59.5 Å². The Morgan fingerprint density at radius 1 is 1.36 bits per heavy atom. The van der Waals surface area contributed by atoms with Crippen molar-refractivity contribution in [3.05, 3.63) is 22.7 Å². The molecule has 1 saturated heterocycles. The summed E-state index contributed by atoms with van der Waals surface area (Å²) in [5.41, 5.74) is 6.27. The first-order valence-corrected chi connectivity index (χ1v) is 7.33. The van der Waals surface area contributed by atoms with Gasteiger partial charge in [0.15, 0.2) is 5.82 Å². The van der Waals surface area contributed by atoms with Crippen molar-refractivity contribution in [1.29, 1.82) is 0 Å². The minimum absolute atomic E-state index is 0.00668. The molecule has 0 aromatic carbocycles. The number of nitrogens with two attached hydrogens (primary N) is 1. The van der Waals surface area contributed by atoms with E-state index in [2.05, 4.69) is 10.1 Å². The maximum absolute atomic E-state index is 14.2. The number of halogens is 4. The Hall–Kier alpha value is -1.54. The smallest absolute Gasteiger partial charge is 0.251 e. The predicted molar refractivity (Wildman–Crippen MR) is 76.8 cm³/mol. The molecule has 120 valence electrons. The van der Waals surface area contributed by atoms with Crippen LogP contribution in [0.4, 0.5) is 19.1 Å². The zero-order valence-electron chi connectivity index (χ0n) is 11.6. The van der Waals surface area contributed by atoms with Gasteiger partial charge in [0.1, 0.15) is 10.5 Å². The van der Waals surface area contributed by atoms with Crippen molar-refractivity contribution >= 4 is 23.1 Å². The molecule has 0 aliphatic carbocycles. The van der Waals surface area contributed by atoms with Crippen molar-refractivity contribution in [3.8, 4) is 0 Å². The van der Waals surface area contributed by atoms with E-state index in [9.17, 15) is 13.2 Å². The summed E-state index contributed by atoms with van der Waals surface area (Å²) in [6.45, 7) is 0.792. The molecule has 3 heterocycles. The molecule has 9 heteroatoms. The molecule has 0 radical (unpaired) electrons. The van der Waals surface area contributed by atoms with Crippen molar-refractivity contribution < 1.29 is 13.2 Å². The first-order valence-electron chi connectivity index (χ1n) is 6.96. The van der Waals surface area contributed by atoms with E-state index in [4.69, 9.17) is 17.3 Å².